The van der Waals surface area contributed by atoms with Gasteiger partial charge in [0.2, 0.25) is 17.6 Å². The van der Waals surface area contributed by atoms with Gasteiger partial charge in [0.05, 0.1) is 0 Å². The van der Waals surface area contributed by atoms with Crippen molar-refractivity contribution in [1.29, 1.82) is 0 Å². The fourth-order valence-electron chi connectivity index (χ4n) is 5.19. The summed E-state index contributed by atoms with van der Waals surface area (Å²) in [7, 11) is 6.20. The van der Waals surface area contributed by atoms with Crippen molar-refractivity contribution < 1.29 is 14.2 Å². The quantitative estimate of drug-likeness (QED) is 0.150. The third kappa shape index (κ3) is 27.4. The number of piperazine rings is 1. The van der Waals surface area contributed by atoms with E-state index in [4.69, 9.17) is 14.2 Å². The topological polar surface area (TPSA) is 144 Å². The molecule has 0 unspecified atom stereocenters. The van der Waals surface area contributed by atoms with E-state index in [-0.39, 0.29) is 0 Å². The molecule has 0 bridgehead atoms. The zero-order valence-electron chi connectivity index (χ0n) is 36.3. The van der Waals surface area contributed by atoms with Gasteiger partial charge in [-0.3, -0.25) is 24.8 Å². The number of pyridine rings is 4. The van der Waals surface area contributed by atoms with Crippen molar-refractivity contribution in [2.75, 3.05) is 99.9 Å². The standard InChI is InChI=1S/C12H19N3O.C11H16N2O.C9H14N2O.C5H6N2.C5H5N.C4H4N2/c1-14-6-8-15(9-7-14)10-11-16-12-4-2-3-5-13-12;1-2-6-12-11(5-1)14-10-9-13-7-3-4-8-13;1-11(2)7-8-12-9-5-3-4-6-10-9;1-5-2-3-6-4-7-5;1-2-4-6-5-3-1;1-2-6-4-3-5-1/h2-5H,6-11H2,1H3;1-2,5-6H,3-4,7-10H2;3-6H,7-8H2,1-2H3;2-4H,1H3;1-5H;1-4H. The summed E-state index contributed by atoms with van der Waals surface area (Å²) >= 11 is 0. The van der Waals surface area contributed by atoms with Crippen LogP contribution < -0.4 is 14.2 Å². The molecule has 8 heterocycles. The number of likely N-dealkylation sites (tertiary alicyclic amines) is 1. The molecule has 0 atom stereocenters. The number of rotatable bonds is 12. The number of aryl methyl sites for hydroxylation is 1. The lowest BCUT2D eigenvalue weighted by Crippen LogP contribution is -2.45. The fraction of sp³-hybridized carbons (Fsp3) is 0.391. The minimum atomic E-state index is 0.685. The lowest BCUT2D eigenvalue weighted by atomic mass is 10.3. The first kappa shape index (κ1) is 49.4. The molecule has 2 fully saturated rings. The lowest BCUT2D eigenvalue weighted by Gasteiger charge is -2.32. The third-order valence-electron chi connectivity index (χ3n) is 8.59. The summed E-state index contributed by atoms with van der Waals surface area (Å²) in [5, 5.41) is 0. The van der Waals surface area contributed by atoms with Gasteiger partial charge in [-0.25, -0.2) is 24.9 Å². The Morgan fingerprint density at radius 2 is 0.934 bits per heavy atom. The summed E-state index contributed by atoms with van der Waals surface area (Å²) in [5.74, 6) is 2.14. The first-order valence-electron chi connectivity index (χ1n) is 20.6. The summed E-state index contributed by atoms with van der Waals surface area (Å²) in [6, 6.07) is 24.7. The molecule has 0 aromatic carbocycles. The second-order valence-corrected chi connectivity index (χ2v) is 13.8. The van der Waals surface area contributed by atoms with E-state index < -0.39 is 0 Å². The maximum atomic E-state index is 5.57. The predicted molar refractivity (Wildman–Crippen MR) is 240 cm³/mol. The molecule has 2 saturated heterocycles. The zero-order chi connectivity index (χ0) is 43.3. The second-order valence-electron chi connectivity index (χ2n) is 13.8. The normalized spacial score (nSPS) is 13.4. The Bertz CT molecular complexity index is 1710. The molecule has 2 aliphatic heterocycles. The minimum Gasteiger partial charge on any atom is -0.476 e. The zero-order valence-corrected chi connectivity index (χ0v) is 36.3. The van der Waals surface area contributed by atoms with Crippen LogP contribution in [0.5, 0.6) is 17.6 Å². The van der Waals surface area contributed by atoms with Gasteiger partial charge in [-0.15, -0.1) is 0 Å². The van der Waals surface area contributed by atoms with Crippen LogP contribution in [0, 0.1) is 6.92 Å². The second kappa shape index (κ2) is 33.8. The van der Waals surface area contributed by atoms with Crippen LogP contribution in [0.15, 0.2) is 147 Å². The van der Waals surface area contributed by atoms with Gasteiger partial charge < -0.3 is 24.0 Å². The third-order valence-corrected chi connectivity index (χ3v) is 8.59. The summed E-state index contributed by atoms with van der Waals surface area (Å²) in [6.45, 7) is 14.1. The highest BCUT2D eigenvalue weighted by atomic mass is 16.5. The largest absolute Gasteiger partial charge is 0.476 e. The highest BCUT2D eigenvalue weighted by Crippen LogP contribution is 2.08. The SMILES string of the molecule is CN(C)CCOc1ccccn1.CN1CCN(CCOc2ccccn2)CC1.Cc1ccncn1.c1ccc(OCCN2CCCC2)nc1.c1ccncc1.c1cnccn1. The van der Waals surface area contributed by atoms with Crippen LogP contribution in [0.4, 0.5) is 0 Å². The molecule has 0 spiro atoms. The number of ether oxygens (including phenoxy) is 3. The molecule has 15 heteroatoms. The Balaban J connectivity index is 0.000000203. The van der Waals surface area contributed by atoms with E-state index >= 15 is 0 Å². The van der Waals surface area contributed by atoms with Crippen LogP contribution in [0.2, 0.25) is 0 Å². The van der Waals surface area contributed by atoms with E-state index in [1.54, 1.807) is 62.0 Å². The Kier molecular flexibility index (Phi) is 27.3. The van der Waals surface area contributed by atoms with Crippen LogP contribution in [0.3, 0.4) is 0 Å². The molecule has 2 aliphatic rings. The van der Waals surface area contributed by atoms with Gasteiger partial charge in [-0.05, 0) is 90.4 Å². The van der Waals surface area contributed by atoms with Gasteiger partial charge in [0, 0.05) is 132 Å². The van der Waals surface area contributed by atoms with Gasteiger partial charge >= 0.3 is 0 Å². The van der Waals surface area contributed by atoms with Crippen LogP contribution in [0.1, 0.15) is 18.5 Å². The van der Waals surface area contributed by atoms with E-state index in [0.717, 1.165) is 76.5 Å². The summed E-state index contributed by atoms with van der Waals surface area (Å²) in [5.41, 5.74) is 1.01. The lowest BCUT2D eigenvalue weighted by molar-refractivity contribution is 0.132. The molecular weight excluding hydrogens is 769 g/mol. The van der Waals surface area contributed by atoms with E-state index in [9.17, 15) is 0 Å². The molecular formula is C46H64N12O3. The molecule has 6 aromatic heterocycles. The molecule has 15 nitrogen and oxygen atoms in total. The summed E-state index contributed by atoms with van der Waals surface area (Å²) < 4.78 is 16.4. The molecule has 0 N–H and O–H groups in total. The smallest absolute Gasteiger partial charge is 0.213 e. The van der Waals surface area contributed by atoms with Crippen molar-refractivity contribution in [2.45, 2.75) is 19.8 Å². The van der Waals surface area contributed by atoms with E-state index in [2.05, 4.69) is 66.5 Å². The Hall–Kier alpha value is -6.00. The van der Waals surface area contributed by atoms with Crippen molar-refractivity contribution in [3.63, 3.8) is 0 Å². The Labute approximate surface area is 362 Å². The molecule has 0 radical (unpaired) electrons. The van der Waals surface area contributed by atoms with Crippen LogP contribution in [0.25, 0.3) is 0 Å². The highest BCUT2D eigenvalue weighted by Gasteiger charge is 2.13. The van der Waals surface area contributed by atoms with Gasteiger partial charge in [0.15, 0.2) is 0 Å². The first-order valence-corrected chi connectivity index (χ1v) is 20.6. The van der Waals surface area contributed by atoms with Crippen molar-refractivity contribution in [3.05, 3.63) is 153 Å². The molecule has 6 aromatic rings. The van der Waals surface area contributed by atoms with Crippen molar-refractivity contribution in [2.24, 2.45) is 0 Å². The van der Waals surface area contributed by atoms with E-state index in [0.29, 0.717) is 12.5 Å². The van der Waals surface area contributed by atoms with Gasteiger partial charge in [-0.2, -0.15) is 0 Å². The summed E-state index contributed by atoms with van der Waals surface area (Å²) in [4.78, 5) is 40.4. The first-order chi connectivity index (χ1) is 30.0. The molecule has 0 aliphatic carbocycles. The Morgan fingerprint density at radius 3 is 1.28 bits per heavy atom. The number of nitrogens with zero attached hydrogens (tertiary/aromatic N) is 12. The number of hydrogen-bond donors (Lipinski definition) is 0. The number of hydrogen-bond acceptors (Lipinski definition) is 15. The van der Waals surface area contributed by atoms with E-state index in [1.807, 2.05) is 99.9 Å². The van der Waals surface area contributed by atoms with Crippen molar-refractivity contribution in [3.8, 4) is 17.6 Å². The fourth-order valence-corrected chi connectivity index (χ4v) is 5.19. The predicted octanol–water partition coefficient (Wildman–Crippen LogP) is 5.63. The monoisotopic (exact) mass is 833 g/mol. The molecule has 8 rings (SSSR count). The molecule has 326 valence electrons. The van der Waals surface area contributed by atoms with E-state index in [1.165, 1.54) is 32.3 Å². The van der Waals surface area contributed by atoms with Gasteiger partial charge in [0.1, 0.15) is 26.1 Å². The minimum absolute atomic E-state index is 0.685. The average Bonchev–Trinajstić information content (AvgIpc) is 3.84. The van der Waals surface area contributed by atoms with Crippen LogP contribution in [-0.4, -0.2) is 159 Å². The summed E-state index contributed by atoms with van der Waals surface area (Å²) in [6.07, 6.45) is 21.2. The average molecular weight is 833 g/mol. The maximum Gasteiger partial charge on any atom is 0.213 e. The number of aromatic nitrogens is 8. The molecule has 0 amide bonds. The molecule has 61 heavy (non-hydrogen) atoms. The van der Waals surface area contributed by atoms with Crippen molar-refractivity contribution in [1.82, 2.24) is 59.5 Å². The highest BCUT2D eigenvalue weighted by molar-refractivity contribution is 5.10. The van der Waals surface area contributed by atoms with Crippen LogP contribution in [-0.2, 0) is 0 Å². The van der Waals surface area contributed by atoms with Crippen LogP contribution >= 0.6 is 0 Å². The molecule has 0 saturated carbocycles. The van der Waals surface area contributed by atoms with Gasteiger partial charge in [-0.1, -0.05) is 24.3 Å². The van der Waals surface area contributed by atoms with Crippen molar-refractivity contribution >= 4 is 0 Å². The number of likely N-dealkylation sites (N-methyl/N-ethyl adjacent to an activating group) is 2. The maximum absolute atomic E-state index is 5.57. The Morgan fingerprint density at radius 1 is 0.475 bits per heavy atom. The van der Waals surface area contributed by atoms with Gasteiger partial charge in [0.25, 0.3) is 0 Å².